The van der Waals surface area contributed by atoms with Crippen molar-refractivity contribution in [3.8, 4) is 0 Å². The quantitative estimate of drug-likeness (QED) is 0.874. The molecule has 1 aromatic carbocycles. The monoisotopic (exact) mass is 288 g/mol. The lowest BCUT2D eigenvalue weighted by Crippen LogP contribution is -2.47. The van der Waals surface area contributed by atoms with Crippen LogP contribution in [0.3, 0.4) is 0 Å². The Labute approximate surface area is 128 Å². The number of carbonyl (C=O) groups is 1. The van der Waals surface area contributed by atoms with E-state index in [0.29, 0.717) is 6.04 Å². The summed E-state index contributed by atoms with van der Waals surface area (Å²) in [6.45, 7) is 7.55. The number of nitrogens with one attached hydrogen (secondary N) is 2. The highest BCUT2D eigenvalue weighted by Gasteiger charge is 2.27. The first-order chi connectivity index (χ1) is 9.99. The number of hydrogen-bond donors (Lipinski definition) is 2. The van der Waals surface area contributed by atoms with Crippen molar-refractivity contribution >= 4 is 5.91 Å². The second-order valence-electron chi connectivity index (χ2n) is 6.86. The number of benzene rings is 1. The standard InChI is InChI=1S/C18H28N2O/c1-14(20-16-11-7-8-12-19-17(16)21)13-18(2,3)15-9-5-4-6-10-15/h4-6,9-10,14,16,20H,7-8,11-13H2,1-3H3,(H,19,21). The van der Waals surface area contributed by atoms with Crippen molar-refractivity contribution in [2.75, 3.05) is 6.54 Å². The molecular formula is C18H28N2O. The van der Waals surface area contributed by atoms with Gasteiger partial charge in [0.25, 0.3) is 0 Å². The minimum atomic E-state index is -0.0333. The minimum Gasteiger partial charge on any atom is -0.355 e. The van der Waals surface area contributed by atoms with Gasteiger partial charge in [-0.2, -0.15) is 0 Å². The van der Waals surface area contributed by atoms with Crippen molar-refractivity contribution in [1.82, 2.24) is 10.6 Å². The fourth-order valence-corrected chi connectivity index (χ4v) is 3.27. The molecule has 2 N–H and O–H groups in total. The fraction of sp³-hybridized carbons (Fsp3) is 0.611. The highest BCUT2D eigenvalue weighted by Crippen LogP contribution is 2.28. The minimum absolute atomic E-state index is 0.0333. The molecule has 1 aliphatic heterocycles. The molecule has 1 fully saturated rings. The summed E-state index contributed by atoms with van der Waals surface area (Å²) in [5, 5.41) is 6.52. The Kier molecular flexibility index (Phi) is 5.40. The molecule has 21 heavy (non-hydrogen) atoms. The molecule has 1 aromatic rings. The van der Waals surface area contributed by atoms with E-state index in [1.54, 1.807) is 0 Å². The van der Waals surface area contributed by atoms with Crippen LogP contribution >= 0.6 is 0 Å². The smallest absolute Gasteiger partial charge is 0.237 e. The number of carbonyl (C=O) groups excluding carboxylic acids is 1. The molecule has 1 heterocycles. The van der Waals surface area contributed by atoms with Crippen LogP contribution in [0.1, 0.15) is 52.0 Å². The lowest BCUT2D eigenvalue weighted by atomic mass is 9.79. The number of amides is 1. The third-order valence-electron chi connectivity index (χ3n) is 4.39. The van der Waals surface area contributed by atoms with Crippen LogP contribution in [-0.2, 0) is 10.2 Å². The molecule has 116 valence electrons. The Morgan fingerprint density at radius 1 is 1.29 bits per heavy atom. The van der Waals surface area contributed by atoms with Gasteiger partial charge < -0.3 is 10.6 Å². The predicted octanol–water partition coefficient (Wildman–Crippen LogP) is 3.00. The third-order valence-corrected chi connectivity index (χ3v) is 4.39. The molecule has 3 nitrogen and oxygen atoms in total. The van der Waals surface area contributed by atoms with Crippen molar-refractivity contribution in [2.45, 2.75) is 64.0 Å². The van der Waals surface area contributed by atoms with Crippen LogP contribution < -0.4 is 10.6 Å². The molecule has 0 bridgehead atoms. The van der Waals surface area contributed by atoms with Crippen LogP contribution in [0.2, 0.25) is 0 Å². The number of hydrogen-bond acceptors (Lipinski definition) is 2. The average molecular weight is 288 g/mol. The van der Waals surface area contributed by atoms with Crippen LogP contribution in [0.5, 0.6) is 0 Å². The van der Waals surface area contributed by atoms with Gasteiger partial charge in [0.2, 0.25) is 5.91 Å². The molecule has 2 rings (SSSR count). The summed E-state index contributed by atoms with van der Waals surface area (Å²) in [7, 11) is 0. The first-order valence-electron chi connectivity index (χ1n) is 8.08. The average Bonchev–Trinajstić information content (AvgIpc) is 2.64. The van der Waals surface area contributed by atoms with Crippen molar-refractivity contribution < 1.29 is 4.79 Å². The Bertz CT molecular complexity index is 456. The van der Waals surface area contributed by atoms with E-state index in [9.17, 15) is 4.79 Å². The highest BCUT2D eigenvalue weighted by molar-refractivity contribution is 5.81. The Morgan fingerprint density at radius 2 is 2.00 bits per heavy atom. The Balaban J connectivity index is 1.94. The molecule has 0 radical (unpaired) electrons. The van der Waals surface area contributed by atoms with Crippen LogP contribution in [-0.4, -0.2) is 24.5 Å². The lowest BCUT2D eigenvalue weighted by Gasteiger charge is -2.31. The van der Waals surface area contributed by atoms with E-state index in [-0.39, 0.29) is 17.4 Å². The summed E-state index contributed by atoms with van der Waals surface area (Å²) in [5.41, 5.74) is 1.46. The molecule has 0 aliphatic carbocycles. The van der Waals surface area contributed by atoms with Crippen LogP contribution in [0.15, 0.2) is 30.3 Å². The topological polar surface area (TPSA) is 41.1 Å². The largest absolute Gasteiger partial charge is 0.355 e. The second-order valence-corrected chi connectivity index (χ2v) is 6.86. The van der Waals surface area contributed by atoms with Crippen LogP contribution in [0.4, 0.5) is 0 Å². The van der Waals surface area contributed by atoms with E-state index >= 15 is 0 Å². The maximum absolute atomic E-state index is 12.0. The van der Waals surface area contributed by atoms with E-state index in [1.807, 2.05) is 0 Å². The Morgan fingerprint density at radius 3 is 2.71 bits per heavy atom. The van der Waals surface area contributed by atoms with Gasteiger partial charge >= 0.3 is 0 Å². The van der Waals surface area contributed by atoms with E-state index in [2.05, 4.69) is 61.7 Å². The van der Waals surface area contributed by atoms with Gasteiger partial charge in [0, 0.05) is 12.6 Å². The summed E-state index contributed by atoms with van der Waals surface area (Å²) in [6, 6.07) is 10.9. The van der Waals surface area contributed by atoms with Gasteiger partial charge in [-0.15, -0.1) is 0 Å². The zero-order valence-electron chi connectivity index (χ0n) is 13.5. The van der Waals surface area contributed by atoms with Gasteiger partial charge in [-0.3, -0.25) is 4.79 Å². The first kappa shape index (κ1) is 16.0. The molecule has 1 saturated heterocycles. The summed E-state index contributed by atoms with van der Waals surface area (Å²) >= 11 is 0. The van der Waals surface area contributed by atoms with Gasteiger partial charge in [-0.05, 0) is 43.6 Å². The third kappa shape index (κ3) is 4.57. The van der Waals surface area contributed by atoms with Crippen molar-refractivity contribution in [3.05, 3.63) is 35.9 Å². The second kappa shape index (κ2) is 7.08. The van der Waals surface area contributed by atoms with Crippen molar-refractivity contribution in [2.24, 2.45) is 0 Å². The molecule has 2 unspecified atom stereocenters. The predicted molar refractivity (Wildman–Crippen MR) is 87.3 cm³/mol. The fourth-order valence-electron chi connectivity index (χ4n) is 3.27. The molecule has 3 heteroatoms. The maximum atomic E-state index is 12.0. The zero-order chi connectivity index (χ0) is 15.3. The molecule has 1 amide bonds. The van der Waals surface area contributed by atoms with Gasteiger partial charge in [-0.1, -0.05) is 44.2 Å². The van der Waals surface area contributed by atoms with Crippen molar-refractivity contribution in [1.29, 1.82) is 0 Å². The first-order valence-corrected chi connectivity index (χ1v) is 8.08. The van der Waals surface area contributed by atoms with Gasteiger partial charge in [0.05, 0.1) is 6.04 Å². The molecule has 0 spiro atoms. The highest BCUT2D eigenvalue weighted by atomic mass is 16.2. The van der Waals surface area contributed by atoms with Crippen molar-refractivity contribution in [3.63, 3.8) is 0 Å². The summed E-state index contributed by atoms with van der Waals surface area (Å²) < 4.78 is 0. The molecular weight excluding hydrogens is 260 g/mol. The lowest BCUT2D eigenvalue weighted by molar-refractivity contribution is -0.123. The molecule has 0 aromatic heterocycles. The summed E-state index contributed by atoms with van der Waals surface area (Å²) in [6.07, 6.45) is 4.17. The zero-order valence-corrected chi connectivity index (χ0v) is 13.5. The van der Waals surface area contributed by atoms with E-state index in [4.69, 9.17) is 0 Å². The summed E-state index contributed by atoms with van der Waals surface area (Å²) in [5.74, 6) is 0.164. The Hall–Kier alpha value is -1.35. The van der Waals surface area contributed by atoms with Crippen LogP contribution in [0.25, 0.3) is 0 Å². The molecule has 2 atom stereocenters. The molecule has 0 saturated carbocycles. The van der Waals surface area contributed by atoms with E-state index < -0.39 is 0 Å². The number of rotatable bonds is 5. The molecule has 1 aliphatic rings. The van der Waals surface area contributed by atoms with Gasteiger partial charge in [0.15, 0.2) is 0 Å². The van der Waals surface area contributed by atoms with Crippen LogP contribution in [0, 0.1) is 0 Å². The van der Waals surface area contributed by atoms with Gasteiger partial charge in [0.1, 0.15) is 0 Å². The van der Waals surface area contributed by atoms with E-state index in [1.165, 1.54) is 5.56 Å². The normalized spacial score (nSPS) is 21.5. The summed E-state index contributed by atoms with van der Waals surface area (Å²) in [4.78, 5) is 12.0. The SMILES string of the molecule is CC(CC(C)(C)c1ccccc1)NC1CCCCNC1=O. The maximum Gasteiger partial charge on any atom is 0.237 e. The van der Waals surface area contributed by atoms with Gasteiger partial charge in [-0.25, -0.2) is 0 Å². The van der Waals surface area contributed by atoms with E-state index in [0.717, 1.165) is 32.2 Å².